The summed E-state index contributed by atoms with van der Waals surface area (Å²) in [6.07, 6.45) is 9.66. The molecule has 1 aromatic carbocycles. The Morgan fingerprint density at radius 3 is 2.52 bits per heavy atom. The number of likely N-dealkylation sites (tertiary alicyclic amines) is 1. The zero-order chi connectivity index (χ0) is 15.1. The maximum Gasteiger partial charge on any atom is 0.0713 e. The van der Waals surface area contributed by atoms with Crippen LogP contribution in [-0.2, 0) is 6.42 Å². The van der Waals surface area contributed by atoms with E-state index in [9.17, 15) is 5.11 Å². The molecule has 2 rings (SSSR count). The largest absolute Gasteiger partial charge is 0.391 e. The fourth-order valence-electron chi connectivity index (χ4n) is 3.58. The van der Waals surface area contributed by atoms with Crippen LogP contribution in [0.4, 0.5) is 0 Å². The van der Waals surface area contributed by atoms with Crippen molar-refractivity contribution in [3.05, 3.63) is 35.9 Å². The molecule has 0 aliphatic carbocycles. The van der Waals surface area contributed by atoms with Gasteiger partial charge in [0.25, 0.3) is 0 Å². The van der Waals surface area contributed by atoms with Crippen LogP contribution in [0.5, 0.6) is 0 Å². The van der Waals surface area contributed by atoms with Crippen LogP contribution < -0.4 is 0 Å². The van der Waals surface area contributed by atoms with E-state index in [0.29, 0.717) is 6.04 Å². The Labute approximate surface area is 130 Å². The first kappa shape index (κ1) is 16.5. The highest BCUT2D eigenvalue weighted by molar-refractivity contribution is 5.17. The van der Waals surface area contributed by atoms with Gasteiger partial charge in [0.05, 0.1) is 6.10 Å². The second kappa shape index (κ2) is 8.55. The van der Waals surface area contributed by atoms with Crippen molar-refractivity contribution < 1.29 is 5.11 Å². The lowest BCUT2D eigenvalue weighted by Crippen LogP contribution is -2.37. The van der Waals surface area contributed by atoms with Gasteiger partial charge in [0.1, 0.15) is 0 Å². The van der Waals surface area contributed by atoms with Crippen molar-refractivity contribution in [2.45, 2.75) is 76.5 Å². The van der Waals surface area contributed by atoms with Gasteiger partial charge in [0, 0.05) is 12.1 Å². The van der Waals surface area contributed by atoms with Crippen LogP contribution in [0.2, 0.25) is 0 Å². The number of nitrogens with zero attached hydrogens (tertiary/aromatic N) is 1. The fraction of sp³-hybridized carbons (Fsp3) is 0.684. The summed E-state index contributed by atoms with van der Waals surface area (Å²) in [5.74, 6) is 0. The molecule has 1 aromatic rings. The molecule has 1 heterocycles. The molecular weight excluding hydrogens is 258 g/mol. The standard InChI is InChI=1S/C19H31NO/c1-3-4-5-6-10-13-17-15-19(21)18(20(17)2)14-16-11-8-7-9-12-16/h7-9,11-12,17-19,21H,3-6,10,13-15H2,1-2H3. The summed E-state index contributed by atoms with van der Waals surface area (Å²) in [6, 6.07) is 11.4. The molecule has 3 atom stereocenters. The molecule has 3 unspecified atom stereocenters. The average Bonchev–Trinajstić information content (AvgIpc) is 2.76. The number of aliphatic hydroxyl groups is 1. The van der Waals surface area contributed by atoms with Crippen molar-refractivity contribution >= 4 is 0 Å². The Hall–Kier alpha value is -0.860. The first-order chi connectivity index (χ1) is 10.2. The van der Waals surface area contributed by atoms with Crippen molar-refractivity contribution in [3.8, 4) is 0 Å². The minimum atomic E-state index is -0.171. The van der Waals surface area contributed by atoms with E-state index < -0.39 is 0 Å². The van der Waals surface area contributed by atoms with E-state index in [2.05, 4.69) is 49.2 Å². The average molecular weight is 289 g/mol. The highest BCUT2D eigenvalue weighted by Crippen LogP contribution is 2.28. The van der Waals surface area contributed by atoms with Gasteiger partial charge < -0.3 is 5.11 Å². The van der Waals surface area contributed by atoms with E-state index in [4.69, 9.17) is 0 Å². The highest BCUT2D eigenvalue weighted by atomic mass is 16.3. The number of benzene rings is 1. The Morgan fingerprint density at radius 2 is 1.81 bits per heavy atom. The number of hydrogen-bond donors (Lipinski definition) is 1. The Balaban J connectivity index is 1.79. The number of rotatable bonds is 8. The summed E-state index contributed by atoms with van der Waals surface area (Å²) >= 11 is 0. The van der Waals surface area contributed by atoms with Crippen molar-refractivity contribution in [3.63, 3.8) is 0 Å². The number of likely N-dealkylation sites (N-methyl/N-ethyl adjacent to an activating group) is 1. The van der Waals surface area contributed by atoms with Crippen LogP contribution in [-0.4, -0.2) is 35.2 Å². The molecule has 0 amide bonds. The topological polar surface area (TPSA) is 23.5 Å². The fourth-order valence-corrected chi connectivity index (χ4v) is 3.58. The zero-order valence-corrected chi connectivity index (χ0v) is 13.7. The first-order valence-electron chi connectivity index (χ1n) is 8.66. The summed E-state index contributed by atoms with van der Waals surface area (Å²) < 4.78 is 0. The number of aliphatic hydroxyl groups excluding tert-OH is 1. The molecule has 1 saturated heterocycles. The molecular formula is C19H31NO. The molecule has 2 heteroatoms. The maximum absolute atomic E-state index is 10.4. The van der Waals surface area contributed by atoms with Gasteiger partial charge in [-0.05, 0) is 31.9 Å². The van der Waals surface area contributed by atoms with Gasteiger partial charge in [-0.25, -0.2) is 0 Å². The Bertz CT molecular complexity index is 392. The second-order valence-electron chi connectivity index (χ2n) is 6.58. The number of unbranched alkanes of at least 4 members (excludes halogenated alkanes) is 4. The molecule has 0 bridgehead atoms. The van der Waals surface area contributed by atoms with E-state index in [-0.39, 0.29) is 12.1 Å². The summed E-state index contributed by atoms with van der Waals surface area (Å²) in [4.78, 5) is 2.43. The van der Waals surface area contributed by atoms with E-state index in [1.807, 2.05) is 0 Å². The normalized spacial score (nSPS) is 26.3. The van der Waals surface area contributed by atoms with Gasteiger partial charge in [0.2, 0.25) is 0 Å². The first-order valence-corrected chi connectivity index (χ1v) is 8.66. The van der Waals surface area contributed by atoms with Gasteiger partial charge in [-0.15, -0.1) is 0 Å². The summed E-state index contributed by atoms with van der Waals surface area (Å²) in [6.45, 7) is 2.26. The molecule has 2 nitrogen and oxygen atoms in total. The van der Waals surface area contributed by atoms with Gasteiger partial charge in [-0.2, -0.15) is 0 Å². The second-order valence-corrected chi connectivity index (χ2v) is 6.58. The lowest BCUT2D eigenvalue weighted by Gasteiger charge is -2.26. The van der Waals surface area contributed by atoms with Gasteiger partial charge >= 0.3 is 0 Å². The van der Waals surface area contributed by atoms with E-state index in [0.717, 1.165) is 12.8 Å². The van der Waals surface area contributed by atoms with Crippen molar-refractivity contribution in [1.82, 2.24) is 4.90 Å². The van der Waals surface area contributed by atoms with Gasteiger partial charge in [-0.3, -0.25) is 4.90 Å². The van der Waals surface area contributed by atoms with Crippen LogP contribution >= 0.6 is 0 Å². The van der Waals surface area contributed by atoms with Gasteiger partial charge in [0.15, 0.2) is 0 Å². The Kier molecular flexibility index (Phi) is 6.72. The predicted molar refractivity (Wildman–Crippen MR) is 89.5 cm³/mol. The predicted octanol–water partition coefficient (Wildman–Crippen LogP) is 4.02. The summed E-state index contributed by atoms with van der Waals surface area (Å²) in [7, 11) is 2.19. The highest BCUT2D eigenvalue weighted by Gasteiger charge is 2.37. The van der Waals surface area contributed by atoms with Crippen molar-refractivity contribution in [2.75, 3.05) is 7.05 Å². The van der Waals surface area contributed by atoms with Crippen LogP contribution in [0.15, 0.2) is 30.3 Å². The molecule has 1 N–H and O–H groups in total. The molecule has 1 aliphatic rings. The summed E-state index contributed by atoms with van der Waals surface area (Å²) in [5, 5.41) is 10.4. The van der Waals surface area contributed by atoms with E-state index in [1.165, 1.54) is 44.1 Å². The molecule has 0 aromatic heterocycles. The molecule has 21 heavy (non-hydrogen) atoms. The van der Waals surface area contributed by atoms with Crippen LogP contribution in [0, 0.1) is 0 Å². The van der Waals surface area contributed by atoms with Crippen molar-refractivity contribution in [1.29, 1.82) is 0 Å². The Morgan fingerprint density at radius 1 is 1.10 bits per heavy atom. The minimum Gasteiger partial charge on any atom is -0.391 e. The van der Waals surface area contributed by atoms with Crippen LogP contribution in [0.1, 0.15) is 57.4 Å². The zero-order valence-electron chi connectivity index (χ0n) is 13.7. The molecule has 0 saturated carbocycles. The lowest BCUT2D eigenvalue weighted by molar-refractivity contribution is 0.123. The smallest absolute Gasteiger partial charge is 0.0713 e. The third-order valence-electron chi connectivity index (χ3n) is 4.99. The molecule has 0 spiro atoms. The molecule has 1 aliphatic heterocycles. The van der Waals surface area contributed by atoms with Crippen molar-refractivity contribution in [2.24, 2.45) is 0 Å². The van der Waals surface area contributed by atoms with Crippen LogP contribution in [0.25, 0.3) is 0 Å². The van der Waals surface area contributed by atoms with Crippen LogP contribution in [0.3, 0.4) is 0 Å². The molecule has 1 fully saturated rings. The molecule has 0 radical (unpaired) electrons. The summed E-state index contributed by atoms with van der Waals surface area (Å²) in [5.41, 5.74) is 1.33. The number of hydrogen-bond acceptors (Lipinski definition) is 2. The van der Waals surface area contributed by atoms with E-state index >= 15 is 0 Å². The maximum atomic E-state index is 10.4. The van der Waals surface area contributed by atoms with Gasteiger partial charge in [-0.1, -0.05) is 69.4 Å². The minimum absolute atomic E-state index is 0.171. The lowest BCUT2D eigenvalue weighted by atomic mass is 10.0. The monoisotopic (exact) mass is 289 g/mol. The third-order valence-corrected chi connectivity index (χ3v) is 4.99. The quantitative estimate of drug-likeness (QED) is 0.731. The molecule has 118 valence electrons. The third kappa shape index (κ3) is 4.82. The SMILES string of the molecule is CCCCCCCC1CC(O)C(Cc2ccccc2)N1C. The van der Waals surface area contributed by atoms with E-state index in [1.54, 1.807) is 0 Å².